The van der Waals surface area contributed by atoms with Crippen LogP contribution in [-0.2, 0) is 0 Å². The fraction of sp³-hybridized carbons (Fsp3) is 0.769. The second-order valence-corrected chi connectivity index (χ2v) is 5.48. The maximum absolute atomic E-state index is 12.4. The van der Waals surface area contributed by atoms with Crippen molar-refractivity contribution in [2.45, 2.75) is 50.5 Å². The van der Waals surface area contributed by atoms with Gasteiger partial charge in [0.2, 0.25) is 5.82 Å². The molecule has 1 aromatic rings. The van der Waals surface area contributed by atoms with Crippen LogP contribution in [0.2, 0.25) is 0 Å². The molecule has 2 aliphatic carbocycles. The van der Waals surface area contributed by atoms with E-state index in [1.807, 2.05) is 4.90 Å². The van der Waals surface area contributed by atoms with Crippen molar-refractivity contribution < 1.29 is 9.90 Å². The van der Waals surface area contributed by atoms with Crippen molar-refractivity contribution >= 4 is 5.91 Å². The van der Waals surface area contributed by atoms with Crippen LogP contribution in [0.3, 0.4) is 0 Å². The summed E-state index contributed by atoms with van der Waals surface area (Å²) in [5, 5.41) is 15.9. The summed E-state index contributed by atoms with van der Waals surface area (Å²) in [5.41, 5.74) is 0. The lowest BCUT2D eigenvalue weighted by atomic mass is 9.91. The Morgan fingerprint density at radius 3 is 2.74 bits per heavy atom. The van der Waals surface area contributed by atoms with Gasteiger partial charge in [-0.25, -0.2) is 4.98 Å². The number of aliphatic hydroxyl groups excluding tert-OH is 1. The molecule has 0 atom stereocenters. The van der Waals surface area contributed by atoms with E-state index in [2.05, 4.69) is 15.2 Å². The van der Waals surface area contributed by atoms with Crippen LogP contribution in [0.25, 0.3) is 0 Å². The minimum absolute atomic E-state index is 0.0960. The monoisotopic (exact) mass is 264 g/mol. The van der Waals surface area contributed by atoms with Crippen molar-refractivity contribution in [1.29, 1.82) is 0 Å². The number of carbonyl (C=O) groups is 1. The highest BCUT2D eigenvalue weighted by atomic mass is 16.3. The summed E-state index contributed by atoms with van der Waals surface area (Å²) in [6, 6.07) is 0.307. The molecule has 104 valence electrons. The van der Waals surface area contributed by atoms with Crippen LogP contribution in [0.1, 0.15) is 60.9 Å². The van der Waals surface area contributed by atoms with E-state index in [0.717, 1.165) is 31.5 Å². The van der Waals surface area contributed by atoms with Gasteiger partial charge in [-0.2, -0.15) is 0 Å². The number of hydrogen-bond acceptors (Lipinski definition) is 4. The first-order chi connectivity index (χ1) is 9.29. The Labute approximate surface area is 112 Å². The molecule has 2 N–H and O–H groups in total. The highest BCUT2D eigenvalue weighted by Crippen LogP contribution is 2.37. The largest absolute Gasteiger partial charge is 0.396 e. The standard InChI is InChI=1S/C13H20N4O2/c18-8-2-7-17(10-3-1-4-10)13(19)12-14-11(15-16-12)9-5-6-9/h9-10,18H,1-8H2,(H,14,15,16). The second kappa shape index (κ2) is 5.28. The molecule has 2 aliphatic rings. The quantitative estimate of drug-likeness (QED) is 0.805. The number of aliphatic hydroxyl groups is 1. The molecule has 0 radical (unpaired) electrons. The van der Waals surface area contributed by atoms with E-state index in [1.54, 1.807) is 0 Å². The molecule has 1 heterocycles. The van der Waals surface area contributed by atoms with Gasteiger partial charge in [0.1, 0.15) is 5.82 Å². The summed E-state index contributed by atoms with van der Waals surface area (Å²) in [7, 11) is 0. The van der Waals surface area contributed by atoms with E-state index >= 15 is 0 Å². The van der Waals surface area contributed by atoms with Crippen molar-refractivity contribution in [3.05, 3.63) is 11.6 Å². The molecular formula is C13H20N4O2. The lowest BCUT2D eigenvalue weighted by molar-refractivity contribution is 0.0550. The van der Waals surface area contributed by atoms with Crippen LogP contribution in [0.4, 0.5) is 0 Å². The zero-order valence-electron chi connectivity index (χ0n) is 11.0. The minimum Gasteiger partial charge on any atom is -0.396 e. The number of amides is 1. The van der Waals surface area contributed by atoms with Gasteiger partial charge >= 0.3 is 0 Å². The van der Waals surface area contributed by atoms with Crippen LogP contribution < -0.4 is 0 Å². The first-order valence-corrected chi connectivity index (χ1v) is 7.13. The Hall–Kier alpha value is -1.43. The third-order valence-corrected chi connectivity index (χ3v) is 3.99. The van der Waals surface area contributed by atoms with Crippen molar-refractivity contribution in [3.8, 4) is 0 Å². The summed E-state index contributed by atoms with van der Waals surface area (Å²) in [6.07, 6.45) is 6.17. The van der Waals surface area contributed by atoms with Gasteiger partial charge in [-0.15, -0.1) is 5.10 Å². The molecule has 0 bridgehead atoms. The minimum atomic E-state index is -0.0960. The Bertz CT molecular complexity index is 451. The van der Waals surface area contributed by atoms with E-state index < -0.39 is 0 Å². The molecular weight excluding hydrogens is 244 g/mol. The summed E-state index contributed by atoms with van der Waals surface area (Å²) < 4.78 is 0. The molecule has 0 unspecified atom stereocenters. The van der Waals surface area contributed by atoms with Gasteiger partial charge in [0, 0.05) is 25.1 Å². The van der Waals surface area contributed by atoms with Crippen molar-refractivity contribution in [2.24, 2.45) is 0 Å². The van der Waals surface area contributed by atoms with Crippen LogP contribution >= 0.6 is 0 Å². The SMILES string of the molecule is O=C(c1n[nH]c(C2CC2)n1)N(CCCO)C1CCC1. The zero-order chi connectivity index (χ0) is 13.2. The van der Waals surface area contributed by atoms with E-state index in [9.17, 15) is 4.79 Å². The summed E-state index contributed by atoms with van der Waals surface area (Å²) in [6.45, 7) is 0.700. The van der Waals surface area contributed by atoms with Gasteiger partial charge < -0.3 is 10.0 Å². The molecule has 0 spiro atoms. The molecule has 0 aliphatic heterocycles. The third-order valence-electron chi connectivity index (χ3n) is 3.99. The average Bonchev–Trinajstić information content (AvgIpc) is 3.09. The first kappa shape index (κ1) is 12.6. The summed E-state index contributed by atoms with van der Waals surface area (Å²) in [4.78, 5) is 18.6. The number of nitrogens with one attached hydrogen (secondary N) is 1. The van der Waals surface area contributed by atoms with Gasteiger partial charge in [-0.05, 0) is 38.5 Å². The number of aromatic nitrogens is 3. The summed E-state index contributed by atoms with van der Waals surface area (Å²) >= 11 is 0. The van der Waals surface area contributed by atoms with Crippen LogP contribution in [0.15, 0.2) is 0 Å². The van der Waals surface area contributed by atoms with Gasteiger partial charge in [0.25, 0.3) is 5.91 Å². The average molecular weight is 264 g/mol. The first-order valence-electron chi connectivity index (χ1n) is 7.13. The Morgan fingerprint density at radius 2 is 2.16 bits per heavy atom. The maximum atomic E-state index is 12.4. The number of H-pyrrole nitrogens is 1. The molecule has 1 aromatic heterocycles. The molecule has 3 rings (SSSR count). The van der Waals surface area contributed by atoms with E-state index in [0.29, 0.717) is 24.9 Å². The highest BCUT2D eigenvalue weighted by molar-refractivity contribution is 5.90. The number of aromatic amines is 1. The topological polar surface area (TPSA) is 82.1 Å². The zero-order valence-corrected chi connectivity index (χ0v) is 11.0. The van der Waals surface area contributed by atoms with Gasteiger partial charge in [-0.3, -0.25) is 9.89 Å². The molecule has 6 nitrogen and oxygen atoms in total. The molecule has 6 heteroatoms. The Morgan fingerprint density at radius 1 is 1.37 bits per heavy atom. The Balaban J connectivity index is 1.69. The third kappa shape index (κ3) is 2.63. The predicted octanol–water partition coefficient (Wildman–Crippen LogP) is 1.06. The highest BCUT2D eigenvalue weighted by Gasteiger charge is 2.33. The van der Waals surface area contributed by atoms with Gasteiger partial charge in [-0.1, -0.05) is 0 Å². The molecule has 1 amide bonds. The van der Waals surface area contributed by atoms with Crippen LogP contribution in [0.5, 0.6) is 0 Å². The van der Waals surface area contributed by atoms with E-state index in [4.69, 9.17) is 5.11 Å². The molecule has 0 saturated heterocycles. The maximum Gasteiger partial charge on any atom is 0.293 e. The van der Waals surface area contributed by atoms with Crippen molar-refractivity contribution in [1.82, 2.24) is 20.1 Å². The normalized spacial score (nSPS) is 19.2. The number of hydrogen-bond donors (Lipinski definition) is 2. The number of rotatable bonds is 6. The predicted molar refractivity (Wildman–Crippen MR) is 68.7 cm³/mol. The smallest absolute Gasteiger partial charge is 0.293 e. The lowest BCUT2D eigenvalue weighted by Crippen LogP contribution is -2.45. The molecule has 19 heavy (non-hydrogen) atoms. The van der Waals surface area contributed by atoms with Gasteiger partial charge in [0.15, 0.2) is 0 Å². The van der Waals surface area contributed by atoms with Crippen LogP contribution in [-0.4, -0.2) is 50.3 Å². The lowest BCUT2D eigenvalue weighted by Gasteiger charge is -2.36. The van der Waals surface area contributed by atoms with Crippen molar-refractivity contribution in [2.75, 3.05) is 13.2 Å². The fourth-order valence-electron chi connectivity index (χ4n) is 2.43. The van der Waals surface area contributed by atoms with E-state index in [1.165, 1.54) is 6.42 Å². The molecule has 2 fully saturated rings. The molecule has 0 aromatic carbocycles. The Kier molecular flexibility index (Phi) is 3.50. The summed E-state index contributed by atoms with van der Waals surface area (Å²) in [5.74, 6) is 1.51. The van der Waals surface area contributed by atoms with Gasteiger partial charge in [0.05, 0.1) is 0 Å². The fourth-order valence-corrected chi connectivity index (χ4v) is 2.43. The molecule has 2 saturated carbocycles. The van der Waals surface area contributed by atoms with Crippen LogP contribution in [0, 0.1) is 0 Å². The van der Waals surface area contributed by atoms with E-state index in [-0.39, 0.29) is 18.3 Å². The number of nitrogens with zero attached hydrogens (tertiary/aromatic N) is 3. The number of carbonyl (C=O) groups excluding carboxylic acids is 1. The van der Waals surface area contributed by atoms with Crippen molar-refractivity contribution in [3.63, 3.8) is 0 Å². The second-order valence-electron chi connectivity index (χ2n) is 5.48.